The van der Waals surface area contributed by atoms with Gasteiger partial charge in [-0.05, 0) is 50.2 Å². The zero-order valence-electron chi connectivity index (χ0n) is 12.2. The van der Waals surface area contributed by atoms with Gasteiger partial charge in [0.25, 0.3) is 0 Å². The van der Waals surface area contributed by atoms with E-state index in [1.54, 1.807) is 0 Å². The van der Waals surface area contributed by atoms with Gasteiger partial charge in [-0.15, -0.1) is 10.2 Å². The smallest absolute Gasteiger partial charge is 0.155 e. The molecule has 0 saturated heterocycles. The second-order valence-corrected chi connectivity index (χ2v) is 6.00. The van der Waals surface area contributed by atoms with Crippen molar-refractivity contribution in [1.82, 2.24) is 10.2 Å². The Kier molecular flexibility index (Phi) is 5.03. The molecule has 1 N–H and O–H groups in total. The number of anilines is 1. The molecule has 1 unspecified atom stereocenters. The Bertz CT molecular complexity index is 428. The van der Waals surface area contributed by atoms with Crippen LogP contribution in [0.1, 0.15) is 56.6 Å². The van der Waals surface area contributed by atoms with Crippen LogP contribution in [0.5, 0.6) is 0 Å². The van der Waals surface area contributed by atoms with E-state index in [0.29, 0.717) is 11.2 Å². The van der Waals surface area contributed by atoms with Crippen LogP contribution >= 0.6 is 11.6 Å². The van der Waals surface area contributed by atoms with Crippen LogP contribution in [0.15, 0.2) is 0 Å². The second kappa shape index (κ2) is 6.56. The van der Waals surface area contributed by atoms with E-state index in [9.17, 15) is 0 Å². The summed E-state index contributed by atoms with van der Waals surface area (Å²) < 4.78 is 0. The molecule has 0 amide bonds. The van der Waals surface area contributed by atoms with Crippen LogP contribution in [0.3, 0.4) is 0 Å². The molecule has 106 valence electrons. The zero-order chi connectivity index (χ0) is 13.8. The molecule has 1 heterocycles. The quantitative estimate of drug-likeness (QED) is 0.882. The van der Waals surface area contributed by atoms with Crippen molar-refractivity contribution in [3.05, 3.63) is 16.3 Å². The number of hydrogen-bond donors (Lipinski definition) is 1. The number of nitrogens with zero attached hydrogens (tertiary/aromatic N) is 2. The minimum Gasteiger partial charge on any atom is -0.365 e. The van der Waals surface area contributed by atoms with Gasteiger partial charge in [-0.1, -0.05) is 37.8 Å². The van der Waals surface area contributed by atoms with Crippen molar-refractivity contribution in [3.63, 3.8) is 0 Å². The fraction of sp³-hybridized carbons (Fsp3) is 0.733. The molecule has 0 aliphatic heterocycles. The van der Waals surface area contributed by atoms with Gasteiger partial charge in [0.05, 0.1) is 0 Å². The van der Waals surface area contributed by atoms with E-state index >= 15 is 0 Å². The summed E-state index contributed by atoms with van der Waals surface area (Å²) >= 11 is 6.00. The number of rotatable bonds is 4. The SMILES string of the molecule is CCC(Nc1nnc(Cl)c(C)c1C)C1CCCCC1. The first-order valence-electron chi connectivity index (χ1n) is 7.39. The molecule has 0 aromatic carbocycles. The molecule has 19 heavy (non-hydrogen) atoms. The minimum absolute atomic E-state index is 0.508. The standard InChI is InChI=1S/C15H24ClN3/c1-4-13(12-8-6-5-7-9-12)17-15-11(3)10(2)14(16)18-19-15/h12-13H,4-9H2,1-3H3,(H,17,19). The highest BCUT2D eigenvalue weighted by atomic mass is 35.5. The number of nitrogens with one attached hydrogen (secondary N) is 1. The predicted molar refractivity (Wildman–Crippen MR) is 80.8 cm³/mol. The van der Waals surface area contributed by atoms with Gasteiger partial charge in [0.15, 0.2) is 11.0 Å². The first-order chi connectivity index (χ1) is 9.13. The van der Waals surface area contributed by atoms with Crippen molar-refractivity contribution in [3.8, 4) is 0 Å². The lowest BCUT2D eigenvalue weighted by Crippen LogP contribution is -2.31. The van der Waals surface area contributed by atoms with Gasteiger partial charge in [-0.2, -0.15) is 0 Å². The topological polar surface area (TPSA) is 37.8 Å². The van der Waals surface area contributed by atoms with E-state index < -0.39 is 0 Å². The Morgan fingerprint density at radius 2 is 1.84 bits per heavy atom. The second-order valence-electron chi connectivity index (χ2n) is 5.65. The summed E-state index contributed by atoms with van der Waals surface area (Å²) in [7, 11) is 0. The average Bonchev–Trinajstić information content (AvgIpc) is 2.45. The molecule has 1 fully saturated rings. The van der Waals surface area contributed by atoms with Crippen LogP contribution < -0.4 is 5.32 Å². The van der Waals surface area contributed by atoms with E-state index in [2.05, 4.69) is 29.4 Å². The molecule has 1 saturated carbocycles. The summed E-state index contributed by atoms with van der Waals surface area (Å²) in [5.41, 5.74) is 2.15. The minimum atomic E-state index is 0.508. The van der Waals surface area contributed by atoms with Crippen molar-refractivity contribution >= 4 is 17.4 Å². The monoisotopic (exact) mass is 281 g/mol. The molecule has 1 aromatic rings. The summed E-state index contributed by atoms with van der Waals surface area (Å²) in [5.74, 6) is 1.68. The molecule has 2 rings (SSSR count). The lowest BCUT2D eigenvalue weighted by Gasteiger charge is -2.31. The summed E-state index contributed by atoms with van der Waals surface area (Å²) in [6, 6.07) is 0.508. The predicted octanol–water partition coefficient (Wildman–Crippen LogP) is 4.52. The van der Waals surface area contributed by atoms with Crippen LogP contribution in [-0.4, -0.2) is 16.2 Å². The third-order valence-electron chi connectivity index (χ3n) is 4.45. The van der Waals surface area contributed by atoms with Crippen LogP contribution in [0, 0.1) is 19.8 Å². The maximum absolute atomic E-state index is 6.00. The van der Waals surface area contributed by atoms with E-state index in [1.807, 2.05) is 6.92 Å². The summed E-state index contributed by atoms with van der Waals surface area (Å²) in [6.45, 7) is 6.31. The van der Waals surface area contributed by atoms with Gasteiger partial charge in [0.2, 0.25) is 0 Å². The Morgan fingerprint density at radius 3 is 2.47 bits per heavy atom. The Hall–Kier alpha value is -0.830. The van der Waals surface area contributed by atoms with Gasteiger partial charge < -0.3 is 5.32 Å². The Balaban J connectivity index is 2.11. The molecule has 1 aromatic heterocycles. The maximum atomic E-state index is 6.00. The van der Waals surface area contributed by atoms with Gasteiger partial charge in [-0.25, -0.2) is 0 Å². The van der Waals surface area contributed by atoms with Gasteiger partial charge in [0, 0.05) is 6.04 Å². The van der Waals surface area contributed by atoms with E-state index in [1.165, 1.54) is 32.1 Å². The van der Waals surface area contributed by atoms with Crippen molar-refractivity contribution < 1.29 is 0 Å². The third-order valence-corrected chi connectivity index (χ3v) is 4.80. The number of aromatic nitrogens is 2. The molecule has 0 bridgehead atoms. The molecule has 1 aliphatic carbocycles. The highest BCUT2D eigenvalue weighted by Crippen LogP contribution is 2.30. The first-order valence-corrected chi connectivity index (χ1v) is 7.77. The first kappa shape index (κ1) is 14.6. The van der Waals surface area contributed by atoms with Crippen molar-refractivity contribution in [1.29, 1.82) is 0 Å². The molecular weight excluding hydrogens is 258 g/mol. The zero-order valence-corrected chi connectivity index (χ0v) is 12.9. The molecule has 3 nitrogen and oxygen atoms in total. The van der Waals surface area contributed by atoms with Gasteiger partial charge in [-0.3, -0.25) is 0 Å². The van der Waals surface area contributed by atoms with Crippen molar-refractivity contribution in [2.45, 2.75) is 65.3 Å². The lowest BCUT2D eigenvalue weighted by atomic mass is 9.83. The van der Waals surface area contributed by atoms with Crippen LogP contribution in [0.25, 0.3) is 0 Å². The fourth-order valence-corrected chi connectivity index (χ4v) is 3.16. The lowest BCUT2D eigenvalue weighted by molar-refractivity contribution is 0.312. The van der Waals surface area contributed by atoms with E-state index in [0.717, 1.165) is 29.3 Å². The molecule has 4 heteroatoms. The van der Waals surface area contributed by atoms with Crippen molar-refractivity contribution in [2.75, 3.05) is 5.32 Å². The van der Waals surface area contributed by atoms with Crippen LogP contribution in [0.2, 0.25) is 5.15 Å². The molecule has 1 aliphatic rings. The average molecular weight is 282 g/mol. The van der Waals surface area contributed by atoms with Crippen molar-refractivity contribution in [2.24, 2.45) is 5.92 Å². The van der Waals surface area contributed by atoms with Crippen LogP contribution in [0.4, 0.5) is 5.82 Å². The Morgan fingerprint density at radius 1 is 1.16 bits per heavy atom. The normalized spacial score (nSPS) is 18.3. The molecular formula is C15H24ClN3. The number of hydrogen-bond acceptors (Lipinski definition) is 3. The van der Waals surface area contributed by atoms with E-state index in [4.69, 9.17) is 11.6 Å². The molecule has 1 atom stereocenters. The van der Waals surface area contributed by atoms with E-state index in [-0.39, 0.29) is 0 Å². The maximum Gasteiger partial charge on any atom is 0.155 e. The largest absolute Gasteiger partial charge is 0.365 e. The highest BCUT2D eigenvalue weighted by Gasteiger charge is 2.23. The third kappa shape index (κ3) is 3.38. The molecule has 0 radical (unpaired) electrons. The number of halogens is 1. The Labute approximate surface area is 121 Å². The fourth-order valence-electron chi connectivity index (χ4n) is 2.98. The summed E-state index contributed by atoms with van der Waals surface area (Å²) in [5, 5.41) is 12.4. The summed E-state index contributed by atoms with van der Waals surface area (Å²) in [4.78, 5) is 0. The summed E-state index contributed by atoms with van der Waals surface area (Å²) in [6.07, 6.45) is 7.94. The van der Waals surface area contributed by atoms with Gasteiger partial charge >= 0.3 is 0 Å². The van der Waals surface area contributed by atoms with Gasteiger partial charge in [0.1, 0.15) is 0 Å². The highest BCUT2D eigenvalue weighted by molar-refractivity contribution is 6.30. The molecule has 0 spiro atoms. The van der Waals surface area contributed by atoms with Crippen LogP contribution in [-0.2, 0) is 0 Å².